The Morgan fingerprint density at radius 3 is 1.50 bits per heavy atom. The lowest BCUT2D eigenvalue weighted by Crippen LogP contribution is -1.97. The smallest absolute Gasteiger partial charge is 0.0645 e. The van der Waals surface area contributed by atoms with E-state index in [2.05, 4.69) is 12.1 Å². The lowest BCUT2D eigenvalue weighted by atomic mass is 9.99. The first-order valence-electron chi connectivity index (χ1n) is 21.8. The first-order chi connectivity index (χ1) is 30.3. The van der Waals surface area contributed by atoms with Crippen molar-refractivity contribution in [2.45, 2.75) is 0 Å². The maximum Gasteiger partial charge on any atom is 0.0645 e. The van der Waals surface area contributed by atoms with Gasteiger partial charge in [-0.15, -0.1) is 0 Å². The van der Waals surface area contributed by atoms with E-state index in [-0.39, 0.29) is 47.4 Å². The molecule has 0 aliphatic rings. The van der Waals surface area contributed by atoms with Gasteiger partial charge in [0.05, 0.1) is 36.0 Å². The molecule has 0 fully saturated rings. The van der Waals surface area contributed by atoms with Crippen LogP contribution in [-0.4, -0.2) is 9.13 Å². The van der Waals surface area contributed by atoms with E-state index in [1.807, 2.05) is 179 Å². The second-order valence-electron chi connectivity index (χ2n) is 14.0. The van der Waals surface area contributed by atoms with Gasteiger partial charge in [-0.1, -0.05) is 158 Å². The largest absolute Gasteiger partial charge is 0.309 e. The number of hydrogen-bond donors (Lipinski definition) is 0. The number of fused-ring (bicyclic) bond motifs is 6. The van der Waals surface area contributed by atoms with Crippen molar-refractivity contribution in [1.82, 2.24) is 9.13 Å². The number of hydrogen-bond acceptors (Lipinski definition) is 0. The molecule has 56 heavy (non-hydrogen) atoms. The molecule has 2 heterocycles. The van der Waals surface area contributed by atoms with E-state index in [0.717, 1.165) is 61.2 Å². The average molecular weight is 719 g/mol. The molecule has 0 spiro atoms. The van der Waals surface area contributed by atoms with Crippen molar-refractivity contribution in [3.05, 3.63) is 218 Å². The lowest BCUT2D eigenvalue weighted by molar-refractivity contribution is 1.18. The summed E-state index contributed by atoms with van der Waals surface area (Å²) in [6, 6.07) is 59.1. The van der Waals surface area contributed by atoms with E-state index in [0.29, 0.717) is 27.2 Å². The molecule has 0 N–H and O–H groups in total. The van der Waals surface area contributed by atoms with Crippen molar-refractivity contribution in [1.29, 1.82) is 0 Å². The van der Waals surface area contributed by atoms with Gasteiger partial charge in [-0.2, -0.15) is 0 Å². The quantitative estimate of drug-likeness (QED) is 0.162. The highest BCUT2D eigenvalue weighted by Gasteiger charge is 2.18. The summed E-state index contributed by atoms with van der Waals surface area (Å²) >= 11 is 0. The van der Waals surface area contributed by atoms with Gasteiger partial charge in [0.25, 0.3) is 0 Å². The number of benzene rings is 9. The Kier molecular flexibility index (Phi) is 6.20. The van der Waals surface area contributed by atoms with Gasteiger partial charge < -0.3 is 9.13 Å². The second kappa shape index (κ2) is 13.2. The van der Waals surface area contributed by atoms with Crippen LogP contribution < -0.4 is 0 Å². The minimum Gasteiger partial charge on any atom is -0.309 e. The third-order valence-corrected chi connectivity index (χ3v) is 10.8. The molecule has 0 amide bonds. The zero-order chi connectivity index (χ0) is 42.2. The van der Waals surface area contributed by atoms with Gasteiger partial charge in [0.2, 0.25) is 0 Å². The molecule has 0 unspecified atom stereocenters. The lowest BCUT2D eigenvalue weighted by Gasteiger charge is -2.14. The van der Waals surface area contributed by atoms with Crippen molar-refractivity contribution >= 4 is 43.6 Å². The van der Waals surface area contributed by atoms with Gasteiger partial charge in [0.1, 0.15) is 0 Å². The van der Waals surface area contributed by atoms with Crippen LogP contribution in [0.4, 0.5) is 0 Å². The number of rotatable bonds is 6. The van der Waals surface area contributed by atoms with E-state index in [4.69, 9.17) is 0 Å². The highest BCUT2D eigenvalue weighted by atomic mass is 15.0. The Hall–Kier alpha value is -7.42. The van der Waals surface area contributed by atoms with Crippen LogP contribution in [0.2, 0.25) is 0 Å². The van der Waals surface area contributed by atoms with Crippen LogP contribution in [0.1, 0.15) is 8.22 Å². The highest BCUT2D eigenvalue weighted by molar-refractivity contribution is 6.13. The third-order valence-electron chi connectivity index (χ3n) is 10.8. The number of nitrogens with zero attached hydrogens (tertiary/aromatic N) is 2. The highest BCUT2D eigenvalue weighted by Crippen LogP contribution is 2.41. The minimum atomic E-state index is -0.269. The van der Waals surface area contributed by atoms with Gasteiger partial charge in [0, 0.05) is 32.8 Å². The van der Waals surface area contributed by atoms with Crippen LogP contribution in [0, 0.1) is 0 Å². The molecule has 0 aliphatic carbocycles. The summed E-state index contributed by atoms with van der Waals surface area (Å²) in [7, 11) is 0. The predicted molar refractivity (Wildman–Crippen MR) is 237 cm³/mol. The third kappa shape index (κ3) is 5.26. The normalized spacial score (nSPS) is 13.1. The molecule has 11 aromatic rings. The van der Waals surface area contributed by atoms with Gasteiger partial charge >= 0.3 is 0 Å². The fourth-order valence-corrected chi connectivity index (χ4v) is 8.12. The van der Waals surface area contributed by atoms with Crippen molar-refractivity contribution in [3.63, 3.8) is 0 Å². The molecule has 262 valence electrons. The fraction of sp³-hybridized carbons (Fsp3) is 0. The van der Waals surface area contributed by atoms with Crippen molar-refractivity contribution in [2.24, 2.45) is 0 Å². The van der Waals surface area contributed by atoms with Gasteiger partial charge in [0.15, 0.2) is 0 Å². The summed E-state index contributed by atoms with van der Waals surface area (Å²) in [5.74, 6) is 0. The molecule has 0 bridgehead atoms. The fourth-order valence-electron chi connectivity index (χ4n) is 8.12. The summed E-state index contributed by atoms with van der Waals surface area (Å²) in [5, 5.41) is 2.34. The Morgan fingerprint density at radius 1 is 0.304 bits per heavy atom. The van der Waals surface area contributed by atoms with E-state index in [9.17, 15) is 8.22 Å². The van der Waals surface area contributed by atoms with Crippen molar-refractivity contribution < 1.29 is 8.22 Å². The molecule has 0 saturated heterocycles. The zero-order valence-electron chi connectivity index (χ0n) is 36.2. The minimum absolute atomic E-state index is 0.000486. The molecule has 0 atom stereocenters. The molecule has 0 aliphatic heterocycles. The predicted octanol–water partition coefficient (Wildman–Crippen LogP) is 14.5. The number of para-hydroxylation sites is 2. The van der Waals surface area contributed by atoms with Crippen LogP contribution in [0.25, 0.3) is 99.5 Å². The van der Waals surface area contributed by atoms with Crippen LogP contribution in [-0.2, 0) is 0 Å². The Balaban J connectivity index is 1.21. The van der Waals surface area contributed by atoms with Gasteiger partial charge in [-0.25, -0.2) is 0 Å². The summed E-state index contributed by atoms with van der Waals surface area (Å²) in [6.45, 7) is 0. The van der Waals surface area contributed by atoms with Gasteiger partial charge in [-0.3, -0.25) is 0 Å². The molecule has 2 aromatic heterocycles. The van der Waals surface area contributed by atoms with Crippen LogP contribution in [0.15, 0.2) is 218 Å². The average Bonchev–Trinajstić information content (AvgIpc) is 3.86. The second-order valence-corrected chi connectivity index (χ2v) is 14.0. The van der Waals surface area contributed by atoms with Crippen molar-refractivity contribution in [3.8, 4) is 55.9 Å². The Labute approximate surface area is 334 Å². The first kappa shape index (κ1) is 26.4. The van der Waals surface area contributed by atoms with E-state index in [1.165, 1.54) is 0 Å². The van der Waals surface area contributed by atoms with Crippen LogP contribution in [0.5, 0.6) is 0 Å². The SMILES string of the molecule is [2H]c1c(-c2c([2H])c([2H])c3c(c2[2H])c2ccccc2n3-c2ccccc2-c2ccccc2)c([2H])c2c3cc(-c4ccccc4)ccc3n(-c3ccc(-c4ccccc4)cc3)c2c1[2H]. The summed E-state index contributed by atoms with van der Waals surface area (Å²) in [4.78, 5) is 0. The number of aromatic nitrogens is 2. The molecule has 0 radical (unpaired) electrons. The monoisotopic (exact) mass is 718 g/mol. The Bertz CT molecular complexity index is 3560. The Morgan fingerprint density at radius 2 is 0.804 bits per heavy atom. The molecule has 2 nitrogen and oxygen atoms in total. The van der Waals surface area contributed by atoms with E-state index in [1.54, 1.807) is 0 Å². The van der Waals surface area contributed by atoms with Crippen LogP contribution in [0.3, 0.4) is 0 Å². The molecule has 11 rings (SSSR count). The molecule has 0 saturated carbocycles. The summed E-state index contributed by atoms with van der Waals surface area (Å²) < 4.78 is 62.7. The molecular weight excluding hydrogens is 677 g/mol. The summed E-state index contributed by atoms with van der Waals surface area (Å²) in [5.41, 5.74) is 9.88. The molecule has 9 aromatic carbocycles. The maximum atomic E-state index is 10.0. The standard InChI is InChI=1S/C54H36N2/c1-4-14-37(15-5-1)39-24-29-44(30-25-39)55-52-31-26-41(38-16-6-2-7-17-38)34-48(52)49-36-43(27-32-53(49)55)42-28-33-54-47(35-42)46-21-11-13-23-51(46)56(54)50-22-12-10-20-45(50)40-18-8-3-9-19-40/h1-36H/i27D,28D,32D,33D,35D,36D. The van der Waals surface area contributed by atoms with Crippen molar-refractivity contribution in [2.75, 3.05) is 0 Å². The van der Waals surface area contributed by atoms with E-state index >= 15 is 0 Å². The van der Waals surface area contributed by atoms with Crippen LogP contribution >= 0.6 is 0 Å². The first-order valence-corrected chi connectivity index (χ1v) is 18.8. The van der Waals surface area contributed by atoms with Gasteiger partial charge in [-0.05, 0) is 99.5 Å². The molecule has 2 heteroatoms. The maximum absolute atomic E-state index is 10.0. The zero-order valence-corrected chi connectivity index (χ0v) is 30.2. The topological polar surface area (TPSA) is 9.86 Å². The summed E-state index contributed by atoms with van der Waals surface area (Å²) in [6.07, 6.45) is 0. The molecular formula is C54H36N2. The van der Waals surface area contributed by atoms with E-state index < -0.39 is 0 Å².